The average Bonchev–Trinajstić information content (AvgIpc) is 2.78. The summed E-state index contributed by atoms with van der Waals surface area (Å²) < 4.78 is 32.6. The van der Waals surface area contributed by atoms with Crippen molar-refractivity contribution in [2.75, 3.05) is 5.32 Å². The van der Waals surface area contributed by atoms with Gasteiger partial charge in [0, 0.05) is 11.1 Å². The number of fused-ring (bicyclic) bond motifs is 1. The molecule has 0 bridgehead atoms. The van der Waals surface area contributed by atoms with Crippen LogP contribution in [0.2, 0.25) is 0 Å². The number of hydrogen-bond acceptors (Lipinski definition) is 5. The molecule has 0 atom stereocenters. The van der Waals surface area contributed by atoms with E-state index in [2.05, 4.69) is 10.3 Å². The van der Waals surface area contributed by atoms with Crippen molar-refractivity contribution in [1.29, 1.82) is 0 Å². The van der Waals surface area contributed by atoms with Gasteiger partial charge in [-0.05, 0) is 55.0 Å². The molecule has 0 unspecified atom stereocenters. The summed E-state index contributed by atoms with van der Waals surface area (Å²) in [5, 5.41) is 3.58. The lowest BCUT2D eigenvalue weighted by atomic mass is 10.2. The number of sulfonamides is 1. The number of nitrogens with one attached hydrogen (secondary N) is 2. The second-order valence-corrected chi connectivity index (χ2v) is 8.78. The van der Waals surface area contributed by atoms with E-state index >= 15 is 0 Å². The zero-order valence-corrected chi connectivity index (χ0v) is 18.1. The first kappa shape index (κ1) is 21.3. The van der Waals surface area contributed by atoms with Crippen LogP contribution in [0, 0.1) is 6.92 Å². The monoisotopic (exact) mass is 447 g/mol. The Kier molecular flexibility index (Phi) is 6.04. The van der Waals surface area contributed by atoms with Crippen LogP contribution in [-0.2, 0) is 16.6 Å². The van der Waals surface area contributed by atoms with Crippen molar-refractivity contribution in [3.05, 3.63) is 96.2 Å². The molecule has 0 saturated heterocycles. The summed E-state index contributed by atoms with van der Waals surface area (Å²) in [7, 11) is -3.97. The lowest BCUT2D eigenvalue weighted by Gasteiger charge is -2.11. The van der Waals surface area contributed by atoms with Gasteiger partial charge in [0.05, 0.1) is 16.1 Å². The normalized spacial score (nSPS) is 11.2. The van der Waals surface area contributed by atoms with E-state index in [4.69, 9.17) is 4.74 Å². The minimum atomic E-state index is -3.97. The molecule has 0 radical (unpaired) electrons. The van der Waals surface area contributed by atoms with Gasteiger partial charge in [-0.1, -0.05) is 42.5 Å². The van der Waals surface area contributed by atoms with Gasteiger partial charge >= 0.3 is 6.03 Å². The number of para-hydroxylation sites is 1. The number of carbonyl (C=O) groups excluding carboxylic acids is 1. The highest BCUT2D eigenvalue weighted by Crippen LogP contribution is 2.19. The molecule has 162 valence electrons. The topological polar surface area (TPSA) is 97.4 Å². The first-order valence-electron chi connectivity index (χ1n) is 9.88. The quantitative estimate of drug-likeness (QED) is 0.449. The van der Waals surface area contributed by atoms with Gasteiger partial charge in [-0.15, -0.1) is 0 Å². The Morgan fingerprint density at radius 2 is 1.62 bits per heavy atom. The second-order valence-electron chi connectivity index (χ2n) is 7.13. The number of benzene rings is 3. The number of pyridine rings is 1. The molecule has 7 nitrogen and oxygen atoms in total. The van der Waals surface area contributed by atoms with Gasteiger partial charge in [0.1, 0.15) is 12.4 Å². The summed E-state index contributed by atoms with van der Waals surface area (Å²) in [5.41, 5.74) is 2.68. The number of aryl methyl sites for hydroxylation is 1. The Morgan fingerprint density at radius 1 is 0.906 bits per heavy atom. The number of aromatic nitrogens is 1. The Morgan fingerprint density at radius 3 is 2.41 bits per heavy atom. The van der Waals surface area contributed by atoms with Gasteiger partial charge in [0.25, 0.3) is 10.0 Å². The number of anilines is 1. The van der Waals surface area contributed by atoms with Crippen LogP contribution in [0.3, 0.4) is 0 Å². The van der Waals surface area contributed by atoms with Gasteiger partial charge in [0.15, 0.2) is 0 Å². The fourth-order valence-corrected chi connectivity index (χ4v) is 4.33. The third kappa shape index (κ3) is 5.04. The fourth-order valence-electron chi connectivity index (χ4n) is 3.17. The van der Waals surface area contributed by atoms with E-state index in [1.807, 2.05) is 41.1 Å². The highest BCUT2D eigenvalue weighted by molar-refractivity contribution is 7.90. The molecule has 1 aromatic heterocycles. The van der Waals surface area contributed by atoms with Crippen LogP contribution in [0.4, 0.5) is 10.5 Å². The van der Waals surface area contributed by atoms with Crippen molar-refractivity contribution < 1.29 is 17.9 Å². The molecule has 2 amide bonds. The molecule has 0 spiro atoms. The fraction of sp³-hybridized carbons (Fsp3) is 0.0833. The number of ether oxygens (including phenoxy) is 1. The van der Waals surface area contributed by atoms with Crippen LogP contribution in [0.15, 0.2) is 89.8 Å². The molecule has 1 heterocycles. The third-order valence-corrected chi connectivity index (χ3v) is 6.26. The summed E-state index contributed by atoms with van der Waals surface area (Å²) in [4.78, 5) is 16.8. The van der Waals surface area contributed by atoms with Crippen molar-refractivity contribution >= 4 is 32.6 Å². The van der Waals surface area contributed by atoms with Gasteiger partial charge < -0.3 is 10.1 Å². The van der Waals surface area contributed by atoms with Crippen molar-refractivity contribution in [2.24, 2.45) is 0 Å². The minimum Gasteiger partial charge on any atom is -0.487 e. The van der Waals surface area contributed by atoms with Gasteiger partial charge in [-0.3, -0.25) is 0 Å². The number of hydrogen-bond donors (Lipinski definition) is 2. The molecule has 4 aromatic rings. The lowest BCUT2D eigenvalue weighted by molar-refractivity contribution is 0.256. The van der Waals surface area contributed by atoms with E-state index in [-0.39, 0.29) is 4.90 Å². The molecule has 2 N–H and O–H groups in total. The number of rotatable bonds is 6. The molecule has 0 fully saturated rings. The summed E-state index contributed by atoms with van der Waals surface area (Å²) in [5.74, 6) is 0.596. The van der Waals surface area contributed by atoms with E-state index in [0.29, 0.717) is 23.6 Å². The van der Waals surface area contributed by atoms with Crippen LogP contribution in [0.1, 0.15) is 11.3 Å². The van der Waals surface area contributed by atoms with E-state index in [0.717, 1.165) is 16.6 Å². The van der Waals surface area contributed by atoms with Gasteiger partial charge in [-0.2, -0.15) is 0 Å². The Bertz CT molecular complexity index is 1370. The lowest BCUT2D eigenvalue weighted by Crippen LogP contribution is -2.34. The smallest absolute Gasteiger partial charge is 0.333 e. The van der Waals surface area contributed by atoms with Gasteiger partial charge in [-0.25, -0.2) is 22.9 Å². The van der Waals surface area contributed by atoms with Gasteiger partial charge in [0.2, 0.25) is 0 Å². The Labute approximate surface area is 186 Å². The average molecular weight is 448 g/mol. The molecular formula is C24H21N3O4S. The predicted molar refractivity (Wildman–Crippen MR) is 123 cm³/mol. The van der Waals surface area contributed by atoms with Crippen molar-refractivity contribution in [2.45, 2.75) is 18.4 Å². The van der Waals surface area contributed by atoms with E-state index < -0.39 is 16.1 Å². The number of amides is 2. The molecule has 8 heteroatoms. The molecule has 0 aliphatic rings. The zero-order chi connectivity index (χ0) is 22.6. The van der Waals surface area contributed by atoms with Crippen LogP contribution in [0.25, 0.3) is 10.9 Å². The standard InChI is InChI=1S/C24H21N3O4S/c1-17-6-2-5-9-23(17)32(29,30)27-24(28)26-19-12-14-21(15-13-19)31-16-20-11-10-18-7-3-4-8-22(18)25-20/h2-15H,16H2,1H3,(H2,26,27,28). The molecular weight excluding hydrogens is 426 g/mol. The first-order chi connectivity index (χ1) is 15.4. The highest BCUT2D eigenvalue weighted by Gasteiger charge is 2.19. The maximum absolute atomic E-state index is 12.4. The molecule has 0 aliphatic heterocycles. The SMILES string of the molecule is Cc1ccccc1S(=O)(=O)NC(=O)Nc1ccc(OCc2ccc3ccccc3n2)cc1. The Balaban J connectivity index is 1.35. The molecule has 4 rings (SSSR count). The second kappa shape index (κ2) is 9.07. The predicted octanol–water partition coefficient (Wildman–Crippen LogP) is 4.63. The van der Waals surface area contributed by atoms with E-state index in [1.54, 1.807) is 49.4 Å². The van der Waals surface area contributed by atoms with Crippen LogP contribution in [-0.4, -0.2) is 19.4 Å². The van der Waals surface area contributed by atoms with E-state index in [1.165, 1.54) is 6.07 Å². The minimum absolute atomic E-state index is 0.0567. The number of carbonyl (C=O) groups is 1. The summed E-state index contributed by atoms with van der Waals surface area (Å²) in [6.45, 7) is 1.96. The summed E-state index contributed by atoms with van der Waals surface area (Å²) >= 11 is 0. The van der Waals surface area contributed by atoms with Crippen LogP contribution < -0.4 is 14.8 Å². The molecule has 0 aliphatic carbocycles. The van der Waals surface area contributed by atoms with Crippen molar-refractivity contribution in [1.82, 2.24) is 9.71 Å². The third-order valence-electron chi connectivity index (χ3n) is 4.77. The number of urea groups is 1. The Hall–Kier alpha value is -3.91. The van der Waals surface area contributed by atoms with Crippen LogP contribution >= 0.6 is 0 Å². The largest absolute Gasteiger partial charge is 0.487 e. The zero-order valence-electron chi connectivity index (χ0n) is 17.3. The summed E-state index contributed by atoms with van der Waals surface area (Å²) in [6.07, 6.45) is 0. The highest BCUT2D eigenvalue weighted by atomic mass is 32.2. The van der Waals surface area contributed by atoms with Crippen LogP contribution in [0.5, 0.6) is 5.75 Å². The number of nitrogens with zero attached hydrogens (tertiary/aromatic N) is 1. The summed E-state index contributed by atoms with van der Waals surface area (Å²) in [6, 6.07) is 24.0. The van der Waals surface area contributed by atoms with E-state index in [9.17, 15) is 13.2 Å². The van der Waals surface area contributed by atoms with Crippen molar-refractivity contribution in [3.8, 4) is 5.75 Å². The molecule has 0 saturated carbocycles. The molecule has 32 heavy (non-hydrogen) atoms. The molecule has 3 aromatic carbocycles. The first-order valence-corrected chi connectivity index (χ1v) is 11.4. The maximum Gasteiger partial charge on any atom is 0.333 e. The maximum atomic E-state index is 12.4. The van der Waals surface area contributed by atoms with Crippen molar-refractivity contribution in [3.63, 3.8) is 0 Å².